The van der Waals surface area contributed by atoms with Crippen molar-refractivity contribution in [2.45, 2.75) is 58.7 Å². The van der Waals surface area contributed by atoms with Gasteiger partial charge in [-0.2, -0.15) is 0 Å². The number of nitro benzene ring substituents is 1. The Morgan fingerprint density at radius 3 is 2.32 bits per heavy atom. The predicted molar refractivity (Wildman–Crippen MR) is 116 cm³/mol. The summed E-state index contributed by atoms with van der Waals surface area (Å²) in [4.78, 5) is 38.4. The van der Waals surface area contributed by atoms with E-state index in [0.29, 0.717) is 12.0 Å². The monoisotopic (exact) mass is 429 g/mol. The fourth-order valence-electron chi connectivity index (χ4n) is 3.25. The lowest BCUT2D eigenvalue weighted by Crippen LogP contribution is -2.51. The van der Waals surface area contributed by atoms with E-state index in [0.717, 1.165) is 6.42 Å². The SMILES string of the molecule is CC[C@H](C)NC(=O)[C@H](CC)N(Cc1ccc(F)cc1)C(=O)Cc1ccccc1[N+](=O)[O-]. The molecule has 0 aromatic heterocycles. The molecule has 0 radical (unpaired) electrons. The largest absolute Gasteiger partial charge is 0.352 e. The van der Waals surface area contributed by atoms with Crippen LogP contribution in [0.25, 0.3) is 0 Å². The van der Waals surface area contributed by atoms with Gasteiger partial charge >= 0.3 is 0 Å². The quantitative estimate of drug-likeness (QED) is 0.456. The second kappa shape index (κ2) is 11.2. The molecule has 2 aromatic carbocycles. The molecule has 166 valence electrons. The highest BCUT2D eigenvalue weighted by Gasteiger charge is 2.30. The molecule has 0 aliphatic rings. The highest BCUT2D eigenvalue weighted by molar-refractivity contribution is 5.89. The molecule has 0 bridgehead atoms. The number of carbonyl (C=O) groups excluding carboxylic acids is 2. The smallest absolute Gasteiger partial charge is 0.273 e. The van der Waals surface area contributed by atoms with E-state index in [1.165, 1.54) is 35.2 Å². The van der Waals surface area contributed by atoms with E-state index in [2.05, 4.69) is 5.32 Å². The van der Waals surface area contributed by atoms with E-state index in [4.69, 9.17) is 0 Å². The number of rotatable bonds is 10. The van der Waals surface area contributed by atoms with Crippen LogP contribution >= 0.6 is 0 Å². The van der Waals surface area contributed by atoms with Crippen LogP contribution < -0.4 is 5.32 Å². The minimum absolute atomic E-state index is 0.0560. The Balaban J connectivity index is 2.35. The Labute approximate surface area is 181 Å². The van der Waals surface area contributed by atoms with Gasteiger partial charge in [0.2, 0.25) is 11.8 Å². The molecule has 0 saturated heterocycles. The van der Waals surface area contributed by atoms with Gasteiger partial charge in [0.25, 0.3) is 5.69 Å². The van der Waals surface area contributed by atoms with Gasteiger partial charge in [-0.15, -0.1) is 0 Å². The van der Waals surface area contributed by atoms with E-state index >= 15 is 0 Å². The molecule has 0 heterocycles. The molecule has 1 N–H and O–H groups in total. The predicted octanol–water partition coefficient (Wildman–Crippen LogP) is 4.00. The number of nitrogens with zero attached hydrogens (tertiary/aromatic N) is 2. The van der Waals surface area contributed by atoms with Gasteiger partial charge in [-0.3, -0.25) is 19.7 Å². The Hall–Kier alpha value is -3.29. The number of nitrogens with one attached hydrogen (secondary N) is 1. The van der Waals surface area contributed by atoms with Crippen molar-refractivity contribution in [3.63, 3.8) is 0 Å². The van der Waals surface area contributed by atoms with Gasteiger partial charge in [-0.05, 0) is 37.5 Å². The average molecular weight is 429 g/mol. The van der Waals surface area contributed by atoms with Crippen LogP contribution in [0.15, 0.2) is 48.5 Å². The highest BCUT2D eigenvalue weighted by Crippen LogP contribution is 2.21. The average Bonchev–Trinajstić information content (AvgIpc) is 2.75. The Morgan fingerprint density at radius 1 is 1.10 bits per heavy atom. The number of nitro groups is 1. The minimum atomic E-state index is -0.755. The summed E-state index contributed by atoms with van der Waals surface area (Å²) < 4.78 is 13.3. The van der Waals surface area contributed by atoms with Gasteiger partial charge in [0.05, 0.1) is 11.3 Å². The summed E-state index contributed by atoms with van der Waals surface area (Å²) in [6, 6.07) is 10.9. The van der Waals surface area contributed by atoms with Crippen LogP contribution in [0.3, 0.4) is 0 Å². The van der Waals surface area contributed by atoms with E-state index in [9.17, 15) is 24.1 Å². The molecule has 0 saturated carbocycles. The zero-order valence-corrected chi connectivity index (χ0v) is 18.0. The third kappa shape index (κ3) is 6.60. The molecule has 7 nitrogen and oxygen atoms in total. The van der Waals surface area contributed by atoms with Crippen LogP contribution in [0, 0.1) is 15.9 Å². The molecule has 2 aromatic rings. The highest BCUT2D eigenvalue weighted by atomic mass is 19.1. The van der Waals surface area contributed by atoms with Crippen molar-refractivity contribution in [1.82, 2.24) is 10.2 Å². The van der Waals surface area contributed by atoms with Crippen molar-refractivity contribution in [3.05, 3.63) is 75.6 Å². The summed E-state index contributed by atoms with van der Waals surface area (Å²) in [6.07, 6.45) is 0.891. The van der Waals surface area contributed by atoms with E-state index in [1.807, 2.05) is 13.8 Å². The molecule has 0 fully saturated rings. The second-order valence-corrected chi connectivity index (χ2v) is 7.45. The second-order valence-electron chi connectivity index (χ2n) is 7.45. The number of halogens is 1. The maximum Gasteiger partial charge on any atom is 0.273 e. The molecule has 2 atom stereocenters. The molecule has 8 heteroatoms. The van der Waals surface area contributed by atoms with Gasteiger partial charge in [0.15, 0.2) is 0 Å². The lowest BCUT2D eigenvalue weighted by atomic mass is 10.0. The molecule has 0 aliphatic heterocycles. The van der Waals surface area contributed by atoms with Crippen molar-refractivity contribution in [3.8, 4) is 0 Å². The Morgan fingerprint density at radius 2 is 1.74 bits per heavy atom. The van der Waals surface area contributed by atoms with Crippen molar-refractivity contribution < 1.29 is 18.9 Å². The van der Waals surface area contributed by atoms with Gasteiger partial charge in [0, 0.05) is 24.2 Å². The zero-order valence-electron chi connectivity index (χ0n) is 18.0. The molecule has 31 heavy (non-hydrogen) atoms. The fourth-order valence-corrected chi connectivity index (χ4v) is 3.25. The van der Waals surface area contributed by atoms with Gasteiger partial charge in [-0.25, -0.2) is 4.39 Å². The minimum Gasteiger partial charge on any atom is -0.352 e. The van der Waals surface area contributed by atoms with Crippen LogP contribution in [-0.2, 0) is 22.6 Å². The first kappa shape index (κ1) is 24.0. The molecule has 2 amide bonds. The molecular weight excluding hydrogens is 401 g/mol. The Bertz CT molecular complexity index is 917. The van der Waals surface area contributed by atoms with Gasteiger partial charge < -0.3 is 10.2 Å². The first-order valence-corrected chi connectivity index (χ1v) is 10.3. The summed E-state index contributed by atoms with van der Waals surface area (Å²) in [7, 11) is 0. The molecule has 0 aliphatic carbocycles. The lowest BCUT2D eigenvalue weighted by molar-refractivity contribution is -0.385. The molecular formula is C23H28FN3O4. The van der Waals surface area contributed by atoms with Crippen molar-refractivity contribution in [2.75, 3.05) is 0 Å². The number of hydrogen-bond acceptors (Lipinski definition) is 4. The number of para-hydroxylation sites is 1. The fraction of sp³-hybridized carbons (Fsp3) is 0.391. The number of amides is 2. The third-order valence-corrected chi connectivity index (χ3v) is 5.18. The lowest BCUT2D eigenvalue weighted by Gasteiger charge is -2.31. The summed E-state index contributed by atoms with van der Waals surface area (Å²) >= 11 is 0. The van der Waals surface area contributed by atoms with Gasteiger partial charge in [0.1, 0.15) is 11.9 Å². The molecule has 2 rings (SSSR count). The maximum absolute atomic E-state index is 13.3. The number of benzene rings is 2. The van der Waals surface area contributed by atoms with Gasteiger partial charge in [-0.1, -0.05) is 44.2 Å². The third-order valence-electron chi connectivity index (χ3n) is 5.18. The standard InChI is InChI=1S/C23H28FN3O4/c1-4-16(3)25-23(29)20(5-2)26(15-17-10-12-19(24)13-11-17)22(28)14-18-8-6-7-9-21(18)27(30)31/h6-13,16,20H,4-5,14-15H2,1-3H3,(H,25,29)/t16-,20-/m0/s1. The van der Waals surface area contributed by atoms with Crippen LogP contribution in [0.1, 0.15) is 44.7 Å². The van der Waals surface area contributed by atoms with Crippen molar-refractivity contribution >= 4 is 17.5 Å². The van der Waals surface area contributed by atoms with E-state index < -0.39 is 22.7 Å². The first-order valence-electron chi connectivity index (χ1n) is 10.3. The normalized spacial score (nSPS) is 12.6. The van der Waals surface area contributed by atoms with E-state index in [1.54, 1.807) is 25.1 Å². The van der Waals surface area contributed by atoms with Crippen LogP contribution in [0.5, 0.6) is 0 Å². The summed E-state index contributed by atoms with van der Waals surface area (Å²) in [5.74, 6) is -1.09. The van der Waals surface area contributed by atoms with Crippen molar-refractivity contribution in [1.29, 1.82) is 0 Å². The summed E-state index contributed by atoms with van der Waals surface area (Å²) in [5.41, 5.74) is 0.792. The Kier molecular flexibility index (Phi) is 8.66. The van der Waals surface area contributed by atoms with Crippen LogP contribution in [-0.4, -0.2) is 33.7 Å². The summed E-state index contributed by atoms with van der Waals surface area (Å²) in [6.45, 7) is 5.72. The zero-order chi connectivity index (χ0) is 23.0. The van der Waals surface area contributed by atoms with E-state index in [-0.39, 0.29) is 36.2 Å². The molecule has 0 unspecified atom stereocenters. The topological polar surface area (TPSA) is 92.6 Å². The number of carbonyl (C=O) groups is 2. The first-order chi connectivity index (χ1) is 14.8. The molecule has 0 spiro atoms. The van der Waals surface area contributed by atoms with Crippen LogP contribution in [0.2, 0.25) is 0 Å². The number of hydrogen-bond donors (Lipinski definition) is 1. The van der Waals surface area contributed by atoms with Crippen LogP contribution in [0.4, 0.5) is 10.1 Å². The van der Waals surface area contributed by atoms with Crippen molar-refractivity contribution in [2.24, 2.45) is 0 Å². The summed E-state index contributed by atoms with van der Waals surface area (Å²) in [5, 5.41) is 14.2. The maximum atomic E-state index is 13.3.